The van der Waals surface area contributed by atoms with E-state index < -0.39 is 5.92 Å². The van der Waals surface area contributed by atoms with Crippen LogP contribution in [0.1, 0.15) is 32.3 Å². The highest BCUT2D eigenvalue weighted by atomic mass is 127. The second-order valence-corrected chi connectivity index (χ2v) is 6.84. The van der Waals surface area contributed by atoms with Gasteiger partial charge in [0.25, 0.3) is 0 Å². The van der Waals surface area contributed by atoms with Gasteiger partial charge in [-0.05, 0) is 60.1 Å². The summed E-state index contributed by atoms with van der Waals surface area (Å²) in [5, 5.41) is 0. The minimum Gasteiger partial charge on any atom is -0.312 e. The van der Waals surface area contributed by atoms with E-state index in [9.17, 15) is 9.59 Å². The highest BCUT2D eigenvalue weighted by molar-refractivity contribution is 14.1. The van der Waals surface area contributed by atoms with Crippen molar-refractivity contribution >= 4 is 40.0 Å². The Labute approximate surface area is 133 Å². The molecule has 0 N–H and O–H groups in total. The molecule has 1 aliphatic rings. The Bertz CT molecular complexity index is 539. The molecule has 0 radical (unpaired) electrons. The molecule has 1 fully saturated rings. The van der Waals surface area contributed by atoms with Crippen molar-refractivity contribution in [3.63, 3.8) is 0 Å². The fourth-order valence-corrected chi connectivity index (χ4v) is 3.05. The van der Waals surface area contributed by atoms with Crippen LogP contribution in [0.5, 0.6) is 0 Å². The molecule has 1 aliphatic heterocycles. The lowest BCUT2D eigenvalue weighted by atomic mass is 9.87. The molecule has 1 aromatic rings. The first-order chi connectivity index (χ1) is 9.41. The summed E-state index contributed by atoms with van der Waals surface area (Å²) in [5.41, 5.74) is 2.11. The Balaban J connectivity index is 2.26. The van der Waals surface area contributed by atoms with Crippen LogP contribution in [0, 0.1) is 22.3 Å². The van der Waals surface area contributed by atoms with Crippen molar-refractivity contribution in [1.82, 2.24) is 0 Å². The van der Waals surface area contributed by atoms with E-state index >= 15 is 0 Å². The van der Waals surface area contributed by atoms with Crippen LogP contribution in [0.25, 0.3) is 0 Å². The number of rotatable bonds is 3. The zero-order valence-electron chi connectivity index (χ0n) is 12.1. The van der Waals surface area contributed by atoms with E-state index in [1.807, 2.05) is 32.0 Å². The number of aryl methyl sites for hydroxylation is 1. The van der Waals surface area contributed by atoms with Crippen LogP contribution in [0.3, 0.4) is 0 Å². The number of ketones is 1. The number of anilines is 1. The van der Waals surface area contributed by atoms with Crippen LogP contribution in [0.2, 0.25) is 0 Å². The number of carbonyl (C=O) groups is 2. The van der Waals surface area contributed by atoms with Gasteiger partial charge >= 0.3 is 0 Å². The summed E-state index contributed by atoms with van der Waals surface area (Å²) in [6, 6.07) is 6.02. The molecular weight excluding hydrogens is 365 g/mol. The summed E-state index contributed by atoms with van der Waals surface area (Å²) in [6.07, 6.45) is 1.58. The molecule has 3 nitrogen and oxygen atoms in total. The maximum atomic E-state index is 12.6. The van der Waals surface area contributed by atoms with E-state index in [0.717, 1.165) is 15.7 Å². The van der Waals surface area contributed by atoms with Gasteiger partial charge in [0.2, 0.25) is 5.91 Å². The maximum absolute atomic E-state index is 12.6. The van der Waals surface area contributed by atoms with Gasteiger partial charge in [-0.3, -0.25) is 9.59 Å². The zero-order chi connectivity index (χ0) is 14.9. The Morgan fingerprint density at radius 1 is 1.40 bits per heavy atom. The van der Waals surface area contributed by atoms with Crippen molar-refractivity contribution in [3.05, 3.63) is 27.3 Å². The molecule has 0 bridgehead atoms. The van der Waals surface area contributed by atoms with Gasteiger partial charge in [-0.1, -0.05) is 19.9 Å². The molecule has 1 atom stereocenters. The van der Waals surface area contributed by atoms with Gasteiger partial charge in [-0.25, -0.2) is 0 Å². The third-order valence-corrected chi connectivity index (χ3v) is 4.98. The molecule has 1 aromatic carbocycles. The first kappa shape index (κ1) is 15.5. The number of amides is 1. The number of Topliss-reactive ketones (excluding diaryl/α,β-unsaturated/α-hetero) is 1. The van der Waals surface area contributed by atoms with E-state index in [1.165, 1.54) is 5.56 Å². The number of hydrogen-bond donors (Lipinski definition) is 0. The molecule has 0 aliphatic carbocycles. The average molecular weight is 385 g/mol. The van der Waals surface area contributed by atoms with Gasteiger partial charge in [0.1, 0.15) is 5.78 Å². The molecule has 108 valence electrons. The summed E-state index contributed by atoms with van der Waals surface area (Å²) in [6.45, 7) is 6.49. The molecule has 2 rings (SSSR count). The number of hydrogen-bond acceptors (Lipinski definition) is 2. The normalized spacial score (nSPS) is 19.6. The fraction of sp³-hybridized carbons (Fsp3) is 0.500. The van der Waals surface area contributed by atoms with E-state index in [-0.39, 0.29) is 17.6 Å². The maximum Gasteiger partial charge on any atom is 0.237 e. The highest BCUT2D eigenvalue weighted by Crippen LogP contribution is 2.28. The van der Waals surface area contributed by atoms with Crippen molar-refractivity contribution in [2.75, 3.05) is 11.4 Å². The molecule has 1 saturated heterocycles. The Morgan fingerprint density at radius 2 is 2.10 bits per heavy atom. The molecule has 20 heavy (non-hydrogen) atoms. The van der Waals surface area contributed by atoms with Crippen molar-refractivity contribution in [3.8, 4) is 0 Å². The van der Waals surface area contributed by atoms with Crippen LogP contribution in [0.15, 0.2) is 18.2 Å². The summed E-state index contributed by atoms with van der Waals surface area (Å²) in [7, 11) is 0. The largest absolute Gasteiger partial charge is 0.312 e. The highest BCUT2D eigenvalue weighted by Gasteiger charge is 2.35. The Hall–Kier alpha value is -0.910. The van der Waals surface area contributed by atoms with Gasteiger partial charge < -0.3 is 4.90 Å². The van der Waals surface area contributed by atoms with E-state index in [1.54, 1.807) is 4.90 Å². The van der Waals surface area contributed by atoms with Gasteiger partial charge in [-0.15, -0.1) is 0 Å². The molecular formula is C16H20INO2. The second-order valence-electron chi connectivity index (χ2n) is 5.68. The standard InChI is InChI=1S/C16H20INO2/c1-10(2)15(19)13-5-4-8-18(16(13)20)12-7-6-11(3)14(17)9-12/h6-7,9-10,13H,4-5,8H2,1-3H3/t13-/m1/s1. The minimum absolute atomic E-state index is 0.0328. The van der Waals surface area contributed by atoms with Crippen LogP contribution in [-0.2, 0) is 9.59 Å². The molecule has 4 heteroatoms. The van der Waals surface area contributed by atoms with Gasteiger partial charge in [0.05, 0.1) is 5.92 Å². The number of benzene rings is 1. The lowest BCUT2D eigenvalue weighted by Crippen LogP contribution is -2.45. The fourth-order valence-electron chi connectivity index (χ4n) is 2.55. The number of halogens is 1. The smallest absolute Gasteiger partial charge is 0.237 e. The molecule has 0 saturated carbocycles. The number of nitrogens with zero attached hydrogens (tertiary/aromatic N) is 1. The van der Waals surface area contributed by atoms with Gasteiger partial charge in [0, 0.05) is 21.7 Å². The monoisotopic (exact) mass is 385 g/mol. The van der Waals surface area contributed by atoms with E-state index in [2.05, 4.69) is 29.5 Å². The molecule has 1 heterocycles. The SMILES string of the molecule is Cc1ccc(N2CCC[C@H](C(=O)C(C)C)C2=O)cc1I. The molecule has 1 amide bonds. The summed E-state index contributed by atoms with van der Waals surface area (Å²) in [5.74, 6) is -0.499. The predicted octanol–water partition coefficient (Wildman–Crippen LogP) is 3.57. The average Bonchev–Trinajstić information content (AvgIpc) is 2.41. The predicted molar refractivity (Wildman–Crippen MR) is 88.8 cm³/mol. The number of carbonyl (C=O) groups excluding carboxylic acids is 2. The summed E-state index contributed by atoms with van der Waals surface area (Å²) < 4.78 is 1.14. The first-order valence-corrected chi connectivity index (χ1v) is 8.11. The molecule has 0 aromatic heterocycles. The molecule has 0 spiro atoms. The Morgan fingerprint density at radius 3 is 2.70 bits per heavy atom. The summed E-state index contributed by atoms with van der Waals surface area (Å²) >= 11 is 2.28. The second kappa shape index (κ2) is 6.24. The minimum atomic E-state index is -0.456. The Kier molecular flexibility index (Phi) is 4.83. The van der Waals surface area contributed by atoms with Gasteiger partial charge in [-0.2, -0.15) is 0 Å². The summed E-state index contributed by atoms with van der Waals surface area (Å²) in [4.78, 5) is 26.5. The van der Waals surface area contributed by atoms with Crippen molar-refractivity contribution in [2.45, 2.75) is 33.6 Å². The third-order valence-electron chi connectivity index (χ3n) is 3.82. The van der Waals surface area contributed by atoms with E-state index in [4.69, 9.17) is 0 Å². The van der Waals surface area contributed by atoms with Crippen molar-refractivity contribution < 1.29 is 9.59 Å². The number of piperidine rings is 1. The topological polar surface area (TPSA) is 37.4 Å². The van der Waals surface area contributed by atoms with Crippen LogP contribution in [0.4, 0.5) is 5.69 Å². The first-order valence-electron chi connectivity index (χ1n) is 7.03. The van der Waals surface area contributed by atoms with Crippen LogP contribution in [-0.4, -0.2) is 18.2 Å². The van der Waals surface area contributed by atoms with Crippen molar-refractivity contribution in [1.29, 1.82) is 0 Å². The third kappa shape index (κ3) is 3.05. The zero-order valence-corrected chi connectivity index (χ0v) is 14.3. The van der Waals surface area contributed by atoms with Crippen LogP contribution >= 0.6 is 22.6 Å². The van der Waals surface area contributed by atoms with Gasteiger partial charge in [0.15, 0.2) is 0 Å². The lowest BCUT2D eigenvalue weighted by molar-refractivity contribution is -0.135. The quantitative estimate of drug-likeness (QED) is 0.590. The van der Waals surface area contributed by atoms with Crippen molar-refractivity contribution in [2.24, 2.45) is 11.8 Å². The lowest BCUT2D eigenvalue weighted by Gasteiger charge is -2.32. The van der Waals surface area contributed by atoms with E-state index in [0.29, 0.717) is 13.0 Å². The molecule has 0 unspecified atom stereocenters. The van der Waals surface area contributed by atoms with Crippen LogP contribution < -0.4 is 4.90 Å².